The lowest BCUT2D eigenvalue weighted by Crippen LogP contribution is -2.25. The van der Waals surface area contributed by atoms with Crippen molar-refractivity contribution in [3.63, 3.8) is 0 Å². The first-order chi connectivity index (χ1) is 7.74. The molecule has 1 aromatic heterocycles. The summed E-state index contributed by atoms with van der Waals surface area (Å²) >= 11 is 0. The van der Waals surface area contributed by atoms with E-state index in [1.807, 2.05) is 0 Å². The zero-order valence-electron chi connectivity index (χ0n) is 8.59. The first-order valence-corrected chi connectivity index (χ1v) is 5.32. The van der Waals surface area contributed by atoms with Gasteiger partial charge < -0.3 is 10.3 Å². The molecule has 0 saturated heterocycles. The number of rotatable bonds is 2. The summed E-state index contributed by atoms with van der Waals surface area (Å²) in [6.07, 6.45) is 2.08. The normalized spacial score (nSPS) is 15.3. The number of halogens is 1. The Labute approximate surface area is 91.7 Å². The largest absolute Gasteiger partial charge is 0.350 e. The summed E-state index contributed by atoms with van der Waals surface area (Å²) in [6, 6.07) is 6.63. The van der Waals surface area contributed by atoms with Crippen LogP contribution in [0.2, 0.25) is 0 Å². The molecule has 0 unspecified atom stereocenters. The second kappa shape index (κ2) is 3.33. The van der Waals surface area contributed by atoms with Gasteiger partial charge in [0.05, 0.1) is 0 Å². The van der Waals surface area contributed by atoms with Crippen LogP contribution in [-0.4, -0.2) is 16.9 Å². The Morgan fingerprint density at radius 1 is 1.44 bits per heavy atom. The lowest BCUT2D eigenvalue weighted by molar-refractivity contribution is 0.0947. The van der Waals surface area contributed by atoms with E-state index in [4.69, 9.17) is 0 Å². The fourth-order valence-electron chi connectivity index (χ4n) is 1.73. The van der Waals surface area contributed by atoms with Crippen molar-refractivity contribution >= 4 is 16.8 Å². The fourth-order valence-corrected chi connectivity index (χ4v) is 1.73. The smallest absolute Gasteiger partial charge is 0.267 e. The summed E-state index contributed by atoms with van der Waals surface area (Å²) in [6.45, 7) is 0. The Bertz CT molecular complexity index is 557. The van der Waals surface area contributed by atoms with Gasteiger partial charge in [-0.25, -0.2) is 4.39 Å². The third-order valence-corrected chi connectivity index (χ3v) is 2.77. The van der Waals surface area contributed by atoms with Crippen LogP contribution in [0.25, 0.3) is 10.9 Å². The van der Waals surface area contributed by atoms with Crippen LogP contribution in [0.3, 0.4) is 0 Å². The average molecular weight is 218 g/mol. The van der Waals surface area contributed by atoms with Gasteiger partial charge in [0.2, 0.25) is 0 Å². The van der Waals surface area contributed by atoms with Gasteiger partial charge in [0, 0.05) is 16.9 Å². The Kier molecular flexibility index (Phi) is 1.96. The van der Waals surface area contributed by atoms with Gasteiger partial charge in [-0.1, -0.05) is 6.07 Å². The van der Waals surface area contributed by atoms with Crippen LogP contribution in [0.1, 0.15) is 23.3 Å². The third kappa shape index (κ3) is 1.56. The van der Waals surface area contributed by atoms with Crippen molar-refractivity contribution in [2.45, 2.75) is 18.9 Å². The van der Waals surface area contributed by atoms with Gasteiger partial charge in [0.25, 0.3) is 5.91 Å². The minimum Gasteiger partial charge on any atom is -0.350 e. The van der Waals surface area contributed by atoms with E-state index in [0.717, 1.165) is 12.8 Å². The molecule has 0 radical (unpaired) electrons. The molecule has 16 heavy (non-hydrogen) atoms. The molecule has 82 valence electrons. The molecule has 0 aliphatic heterocycles. The highest BCUT2D eigenvalue weighted by molar-refractivity contribution is 5.98. The average Bonchev–Trinajstić information content (AvgIpc) is 2.95. The maximum atomic E-state index is 13.4. The molecule has 1 aliphatic rings. The fraction of sp³-hybridized carbons (Fsp3) is 0.250. The summed E-state index contributed by atoms with van der Waals surface area (Å²) < 4.78 is 13.4. The van der Waals surface area contributed by atoms with Crippen LogP contribution in [0.15, 0.2) is 24.3 Å². The first-order valence-electron chi connectivity index (χ1n) is 5.32. The Morgan fingerprint density at radius 3 is 2.94 bits per heavy atom. The molecule has 1 heterocycles. The van der Waals surface area contributed by atoms with Gasteiger partial charge in [-0.3, -0.25) is 4.79 Å². The highest BCUT2D eigenvalue weighted by Crippen LogP contribution is 2.21. The number of nitrogens with one attached hydrogen (secondary N) is 2. The molecule has 1 amide bonds. The number of hydrogen-bond donors (Lipinski definition) is 2. The predicted molar refractivity (Wildman–Crippen MR) is 58.7 cm³/mol. The summed E-state index contributed by atoms with van der Waals surface area (Å²) in [7, 11) is 0. The van der Waals surface area contributed by atoms with E-state index in [9.17, 15) is 9.18 Å². The molecule has 1 saturated carbocycles. The number of H-pyrrole nitrogens is 1. The lowest BCUT2D eigenvalue weighted by atomic mass is 10.2. The molecule has 3 nitrogen and oxygen atoms in total. The highest BCUT2D eigenvalue weighted by atomic mass is 19.1. The monoisotopic (exact) mass is 218 g/mol. The van der Waals surface area contributed by atoms with Crippen molar-refractivity contribution in [2.75, 3.05) is 0 Å². The van der Waals surface area contributed by atoms with E-state index in [0.29, 0.717) is 22.6 Å². The molecule has 0 spiro atoms. The van der Waals surface area contributed by atoms with Gasteiger partial charge >= 0.3 is 0 Å². The number of carbonyl (C=O) groups excluding carboxylic acids is 1. The zero-order valence-corrected chi connectivity index (χ0v) is 8.59. The molecule has 3 rings (SSSR count). The quantitative estimate of drug-likeness (QED) is 0.797. The minimum absolute atomic E-state index is 0.155. The summed E-state index contributed by atoms with van der Waals surface area (Å²) in [5.41, 5.74) is 1.08. The number of carbonyl (C=O) groups is 1. The molecule has 2 aromatic rings. The van der Waals surface area contributed by atoms with Crippen molar-refractivity contribution in [3.8, 4) is 0 Å². The molecule has 1 fully saturated rings. The standard InChI is InChI=1S/C12H11FN2O/c13-9-2-1-3-10-8(9)6-11(15-10)12(16)14-7-4-5-7/h1-3,6-7,15H,4-5H2,(H,14,16). The molecule has 1 aromatic carbocycles. The number of hydrogen-bond acceptors (Lipinski definition) is 1. The van der Waals surface area contributed by atoms with Gasteiger partial charge in [-0.05, 0) is 31.0 Å². The number of aromatic amines is 1. The van der Waals surface area contributed by atoms with Crippen LogP contribution < -0.4 is 5.32 Å². The van der Waals surface area contributed by atoms with Crippen molar-refractivity contribution in [1.29, 1.82) is 0 Å². The highest BCUT2D eigenvalue weighted by Gasteiger charge is 2.24. The molecular weight excluding hydrogens is 207 g/mol. The summed E-state index contributed by atoms with van der Waals surface area (Å²) in [4.78, 5) is 14.6. The Hall–Kier alpha value is -1.84. The van der Waals surface area contributed by atoms with Crippen LogP contribution in [-0.2, 0) is 0 Å². The van der Waals surface area contributed by atoms with E-state index >= 15 is 0 Å². The van der Waals surface area contributed by atoms with E-state index in [1.165, 1.54) is 6.07 Å². The molecule has 4 heteroatoms. The van der Waals surface area contributed by atoms with Crippen LogP contribution >= 0.6 is 0 Å². The topological polar surface area (TPSA) is 44.9 Å². The summed E-state index contributed by atoms with van der Waals surface area (Å²) in [5, 5.41) is 3.32. The predicted octanol–water partition coefficient (Wildman–Crippen LogP) is 2.20. The van der Waals surface area contributed by atoms with Crippen molar-refractivity contribution in [3.05, 3.63) is 35.8 Å². The lowest BCUT2D eigenvalue weighted by Gasteiger charge is -1.98. The van der Waals surface area contributed by atoms with E-state index < -0.39 is 0 Å². The number of amides is 1. The number of fused-ring (bicyclic) bond motifs is 1. The Balaban J connectivity index is 1.97. The Morgan fingerprint density at radius 2 is 2.25 bits per heavy atom. The van der Waals surface area contributed by atoms with Gasteiger partial charge in [0.1, 0.15) is 11.5 Å². The first kappa shape index (κ1) is 9.39. The molecule has 0 bridgehead atoms. The van der Waals surface area contributed by atoms with Crippen LogP contribution in [0.5, 0.6) is 0 Å². The summed E-state index contributed by atoms with van der Waals surface area (Å²) in [5.74, 6) is -0.461. The second-order valence-electron chi connectivity index (χ2n) is 4.13. The SMILES string of the molecule is O=C(NC1CC1)c1cc2c(F)cccc2[nH]1. The van der Waals surface area contributed by atoms with E-state index in [2.05, 4.69) is 10.3 Å². The van der Waals surface area contributed by atoms with Gasteiger partial charge in [-0.2, -0.15) is 0 Å². The molecule has 1 aliphatic carbocycles. The van der Waals surface area contributed by atoms with E-state index in [1.54, 1.807) is 18.2 Å². The molecule has 2 N–H and O–H groups in total. The molecular formula is C12H11FN2O. The maximum absolute atomic E-state index is 13.4. The third-order valence-electron chi connectivity index (χ3n) is 2.77. The van der Waals surface area contributed by atoms with Gasteiger partial charge in [0.15, 0.2) is 0 Å². The maximum Gasteiger partial charge on any atom is 0.267 e. The number of benzene rings is 1. The molecule has 0 atom stereocenters. The van der Waals surface area contributed by atoms with Crippen molar-refractivity contribution in [2.24, 2.45) is 0 Å². The minimum atomic E-state index is -0.306. The second-order valence-corrected chi connectivity index (χ2v) is 4.13. The van der Waals surface area contributed by atoms with E-state index in [-0.39, 0.29) is 11.7 Å². The van der Waals surface area contributed by atoms with Gasteiger partial charge in [-0.15, -0.1) is 0 Å². The van der Waals surface area contributed by atoms with Crippen LogP contribution in [0, 0.1) is 5.82 Å². The number of aromatic nitrogens is 1. The van der Waals surface area contributed by atoms with Crippen LogP contribution in [0.4, 0.5) is 4.39 Å². The van der Waals surface area contributed by atoms with Crippen molar-refractivity contribution in [1.82, 2.24) is 10.3 Å². The van der Waals surface area contributed by atoms with Crippen molar-refractivity contribution < 1.29 is 9.18 Å². The zero-order chi connectivity index (χ0) is 11.1.